The zero-order valence-electron chi connectivity index (χ0n) is 9.21. The van der Waals surface area contributed by atoms with Crippen molar-refractivity contribution >= 4 is 28.2 Å². The second-order valence-electron chi connectivity index (χ2n) is 3.46. The Morgan fingerprint density at radius 2 is 1.65 bits per heavy atom. The fourth-order valence-electron chi connectivity index (χ4n) is 1.37. The van der Waals surface area contributed by atoms with Crippen molar-refractivity contribution < 1.29 is 4.21 Å². The van der Waals surface area contributed by atoms with Crippen LogP contribution in [0.4, 0.5) is 5.69 Å². The molecule has 1 atom stereocenters. The molecule has 2 aromatic carbocycles. The number of hydrogen-bond donors (Lipinski definition) is 1. The Balaban J connectivity index is 2.00. The molecule has 0 aliphatic rings. The minimum atomic E-state index is -0.985. The van der Waals surface area contributed by atoms with Gasteiger partial charge in [-0.2, -0.15) is 0 Å². The quantitative estimate of drug-likeness (QED) is 0.681. The largest absolute Gasteiger partial charge is 0.398 e. The van der Waals surface area contributed by atoms with Gasteiger partial charge in [-0.25, -0.2) is 0 Å². The number of nitrogens with two attached hydrogens (primary N) is 1. The van der Waals surface area contributed by atoms with Gasteiger partial charge in [0.25, 0.3) is 0 Å². The number of nitrogen functional groups attached to an aromatic ring is 1. The topological polar surface area (TPSA) is 43.1 Å². The average molecular weight is 263 g/mol. The van der Waals surface area contributed by atoms with E-state index in [0.29, 0.717) is 5.08 Å². The molecule has 0 spiro atoms. The molecule has 0 aliphatic carbocycles. The fraction of sp³-hybridized carbons (Fsp3) is 0.0769. The Morgan fingerprint density at radius 1 is 1.00 bits per heavy atom. The van der Waals surface area contributed by atoms with Crippen molar-refractivity contribution in [2.45, 2.75) is 9.79 Å². The summed E-state index contributed by atoms with van der Waals surface area (Å²) in [4.78, 5) is 1.84. The van der Waals surface area contributed by atoms with Gasteiger partial charge in [0.15, 0.2) is 0 Å². The molecule has 0 saturated heterocycles. The van der Waals surface area contributed by atoms with Gasteiger partial charge in [-0.1, -0.05) is 30.3 Å². The lowest BCUT2D eigenvalue weighted by Crippen LogP contribution is -1.95. The summed E-state index contributed by atoms with van der Waals surface area (Å²) in [5.41, 5.74) is 6.56. The zero-order chi connectivity index (χ0) is 12.1. The average Bonchev–Trinajstić information content (AvgIpc) is 2.38. The van der Waals surface area contributed by atoms with Crippen LogP contribution in [0.15, 0.2) is 64.4 Å². The molecule has 88 valence electrons. The Morgan fingerprint density at radius 3 is 2.35 bits per heavy atom. The Labute approximate surface area is 108 Å². The van der Waals surface area contributed by atoms with E-state index in [1.54, 1.807) is 0 Å². The normalized spacial score (nSPS) is 12.2. The van der Waals surface area contributed by atoms with E-state index >= 15 is 0 Å². The molecular weight excluding hydrogens is 250 g/mol. The number of benzene rings is 2. The van der Waals surface area contributed by atoms with Crippen LogP contribution in [0, 0.1) is 0 Å². The molecule has 0 radical (unpaired) electrons. The predicted octanol–water partition coefficient (Wildman–Crippen LogP) is 3.13. The molecule has 0 amide bonds. The third-order valence-electron chi connectivity index (χ3n) is 2.25. The summed E-state index contributed by atoms with van der Waals surface area (Å²) in [6.07, 6.45) is 0. The highest BCUT2D eigenvalue weighted by molar-refractivity contribution is 8.10. The minimum Gasteiger partial charge on any atom is -0.398 e. The van der Waals surface area contributed by atoms with Crippen molar-refractivity contribution in [3.63, 3.8) is 0 Å². The van der Waals surface area contributed by atoms with Crippen LogP contribution in [0.2, 0.25) is 0 Å². The smallest absolute Gasteiger partial charge is 0.0787 e. The molecular formula is C13H13NOS2. The van der Waals surface area contributed by atoms with Crippen molar-refractivity contribution in [1.29, 1.82) is 0 Å². The predicted molar refractivity (Wildman–Crippen MR) is 74.4 cm³/mol. The second kappa shape index (κ2) is 5.89. The molecule has 0 aromatic heterocycles. The van der Waals surface area contributed by atoms with Gasteiger partial charge in [0, 0.05) is 15.5 Å². The number of anilines is 1. The van der Waals surface area contributed by atoms with Crippen LogP contribution in [0.25, 0.3) is 0 Å². The summed E-state index contributed by atoms with van der Waals surface area (Å²) >= 11 is 1.52. The first kappa shape index (κ1) is 12.2. The maximum absolute atomic E-state index is 12.0. The van der Waals surface area contributed by atoms with Gasteiger partial charge < -0.3 is 5.73 Å². The van der Waals surface area contributed by atoms with E-state index in [0.717, 1.165) is 15.5 Å². The molecule has 4 heteroatoms. The Kier molecular flexibility index (Phi) is 4.23. The fourth-order valence-corrected chi connectivity index (χ4v) is 3.72. The monoisotopic (exact) mass is 263 g/mol. The first-order valence-corrected chi connectivity index (χ1v) is 7.48. The molecule has 2 nitrogen and oxygen atoms in total. The molecule has 1 unspecified atom stereocenters. The molecule has 0 fully saturated rings. The first-order valence-electron chi connectivity index (χ1n) is 5.18. The molecule has 0 aliphatic heterocycles. The highest BCUT2D eigenvalue weighted by Crippen LogP contribution is 2.26. The van der Waals surface area contributed by atoms with Crippen molar-refractivity contribution in [2.75, 3.05) is 10.8 Å². The van der Waals surface area contributed by atoms with Crippen LogP contribution in [-0.2, 0) is 10.8 Å². The van der Waals surface area contributed by atoms with Crippen molar-refractivity contribution in [3.05, 3.63) is 54.6 Å². The number of hydrogen-bond acceptors (Lipinski definition) is 3. The van der Waals surface area contributed by atoms with E-state index < -0.39 is 10.8 Å². The second-order valence-corrected chi connectivity index (χ2v) is 6.29. The highest BCUT2D eigenvalue weighted by Gasteiger charge is 2.05. The van der Waals surface area contributed by atoms with E-state index in [9.17, 15) is 4.21 Å². The van der Waals surface area contributed by atoms with Crippen molar-refractivity contribution in [2.24, 2.45) is 0 Å². The van der Waals surface area contributed by atoms with Gasteiger partial charge in [-0.3, -0.25) is 4.21 Å². The zero-order valence-corrected chi connectivity index (χ0v) is 10.8. The molecule has 17 heavy (non-hydrogen) atoms. The minimum absolute atomic E-state index is 0.526. The molecule has 0 heterocycles. The van der Waals surface area contributed by atoms with Crippen molar-refractivity contribution in [3.8, 4) is 0 Å². The summed E-state index contributed by atoms with van der Waals surface area (Å²) in [6, 6.07) is 17.1. The molecule has 0 bridgehead atoms. The van der Waals surface area contributed by atoms with E-state index in [4.69, 9.17) is 5.73 Å². The van der Waals surface area contributed by atoms with Crippen LogP contribution in [-0.4, -0.2) is 9.29 Å². The SMILES string of the molecule is Nc1ccccc1SCS(=O)c1ccccc1. The van der Waals surface area contributed by atoms with E-state index in [-0.39, 0.29) is 0 Å². The molecule has 2 rings (SSSR count). The Bertz CT molecular complexity index is 514. The van der Waals surface area contributed by atoms with Crippen LogP contribution in [0.1, 0.15) is 0 Å². The summed E-state index contributed by atoms with van der Waals surface area (Å²) in [7, 11) is -0.985. The van der Waals surface area contributed by atoms with Gasteiger partial charge >= 0.3 is 0 Å². The number of rotatable bonds is 4. The lowest BCUT2D eigenvalue weighted by Gasteiger charge is -2.05. The van der Waals surface area contributed by atoms with Gasteiger partial charge in [-0.15, -0.1) is 11.8 Å². The summed E-state index contributed by atoms with van der Waals surface area (Å²) < 4.78 is 12.0. The Hall–Kier alpha value is -1.26. The highest BCUT2D eigenvalue weighted by atomic mass is 32.2. The molecule has 2 aromatic rings. The van der Waals surface area contributed by atoms with E-state index in [1.165, 1.54) is 11.8 Å². The van der Waals surface area contributed by atoms with E-state index in [2.05, 4.69) is 0 Å². The summed E-state index contributed by atoms with van der Waals surface area (Å²) in [6.45, 7) is 0. The van der Waals surface area contributed by atoms with Crippen LogP contribution >= 0.6 is 11.8 Å². The van der Waals surface area contributed by atoms with Gasteiger partial charge in [0.2, 0.25) is 0 Å². The van der Waals surface area contributed by atoms with Gasteiger partial charge in [-0.05, 0) is 24.3 Å². The first-order chi connectivity index (χ1) is 8.27. The number of thioether (sulfide) groups is 1. The van der Waals surface area contributed by atoms with Gasteiger partial charge in [0.05, 0.1) is 15.9 Å². The molecule has 0 saturated carbocycles. The maximum Gasteiger partial charge on any atom is 0.0787 e. The summed E-state index contributed by atoms with van der Waals surface area (Å²) in [5.74, 6) is 0. The van der Waals surface area contributed by atoms with Crippen LogP contribution in [0.3, 0.4) is 0 Å². The third kappa shape index (κ3) is 3.35. The van der Waals surface area contributed by atoms with Crippen LogP contribution in [0.5, 0.6) is 0 Å². The van der Waals surface area contributed by atoms with E-state index in [1.807, 2.05) is 54.6 Å². The lowest BCUT2D eigenvalue weighted by molar-refractivity contribution is 0.686. The lowest BCUT2D eigenvalue weighted by atomic mass is 10.3. The van der Waals surface area contributed by atoms with Crippen molar-refractivity contribution in [1.82, 2.24) is 0 Å². The summed E-state index contributed by atoms with van der Waals surface area (Å²) in [5, 5.41) is 0.526. The van der Waals surface area contributed by atoms with Gasteiger partial charge in [0.1, 0.15) is 0 Å². The van der Waals surface area contributed by atoms with Crippen LogP contribution < -0.4 is 5.73 Å². The maximum atomic E-state index is 12.0. The number of para-hydroxylation sites is 1. The third-order valence-corrected chi connectivity index (χ3v) is 5.06. The standard InChI is InChI=1S/C13H13NOS2/c14-12-8-4-5-9-13(12)16-10-17(15)11-6-2-1-3-7-11/h1-9H,10,14H2. The molecule has 2 N–H and O–H groups in total.